The fourth-order valence-electron chi connectivity index (χ4n) is 1.04. The number of ether oxygens (including phenoxy) is 1. The summed E-state index contributed by atoms with van der Waals surface area (Å²) in [6.45, 7) is -0.748. The maximum absolute atomic E-state index is 12.0. The Labute approximate surface area is 98.4 Å². The number of halogens is 6. The third kappa shape index (κ3) is 6.64. The van der Waals surface area contributed by atoms with E-state index < -0.39 is 31.0 Å². The summed E-state index contributed by atoms with van der Waals surface area (Å²) in [6, 6.07) is 0. The fraction of sp³-hybridized carbons (Fsp3) is 0.875. The lowest BCUT2D eigenvalue weighted by Crippen LogP contribution is -2.44. The summed E-state index contributed by atoms with van der Waals surface area (Å²) in [5, 5.41) is 0. The molecule has 3 N–H and O–H groups in total. The quantitative estimate of drug-likeness (QED) is 0.256. The average molecular weight is 282 g/mol. The molecule has 0 aromatic heterocycles. The molecule has 10 heteroatoms. The molecule has 0 aromatic carbocycles. The van der Waals surface area contributed by atoms with Gasteiger partial charge in [0.05, 0.1) is 0 Å². The van der Waals surface area contributed by atoms with Gasteiger partial charge in [0.1, 0.15) is 0 Å². The van der Waals surface area contributed by atoms with Crippen LogP contribution in [0.25, 0.3) is 0 Å². The highest BCUT2D eigenvalue weighted by molar-refractivity contribution is 5.74. The van der Waals surface area contributed by atoms with Crippen LogP contribution in [0.3, 0.4) is 0 Å². The summed E-state index contributed by atoms with van der Waals surface area (Å²) in [6.07, 6.45) is -14.9. The monoisotopic (exact) mass is 282 g/mol. The van der Waals surface area contributed by atoms with E-state index >= 15 is 0 Å². The lowest BCUT2D eigenvalue weighted by molar-refractivity contribution is -0.321. The molecule has 0 fully saturated rings. The first-order chi connectivity index (χ1) is 8.09. The topological polar surface area (TPSA) is 64.3 Å². The molecule has 4 nitrogen and oxygen atoms in total. The Morgan fingerprint density at radius 1 is 1.11 bits per heavy atom. The lowest BCUT2D eigenvalue weighted by Gasteiger charge is -2.22. The highest BCUT2D eigenvalue weighted by Gasteiger charge is 2.57. The van der Waals surface area contributed by atoms with Crippen molar-refractivity contribution >= 4 is 5.91 Å². The standard InChI is InChI=1S/C8H12F6N2O2/c9-7(10,11)6(8(12,13)14)18-4-2-1-3-5(17)16-15/h6H,1-4,15H2,(H,16,17). The third-order valence-electron chi connectivity index (χ3n) is 1.84. The maximum atomic E-state index is 12.0. The van der Waals surface area contributed by atoms with Crippen molar-refractivity contribution in [1.82, 2.24) is 5.43 Å². The minimum absolute atomic E-state index is 0.0749. The largest absolute Gasteiger partial charge is 0.423 e. The first kappa shape index (κ1) is 17.0. The molecule has 0 saturated heterocycles. The van der Waals surface area contributed by atoms with Crippen molar-refractivity contribution in [3.05, 3.63) is 0 Å². The highest BCUT2D eigenvalue weighted by atomic mass is 19.4. The number of hydrazine groups is 1. The first-order valence-corrected chi connectivity index (χ1v) is 4.83. The molecular weight excluding hydrogens is 270 g/mol. The summed E-state index contributed by atoms with van der Waals surface area (Å²) < 4.78 is 75.7. The molecule has 0 saturated carbocycles. The van der Waals surface area contributed by atoms with Crippen LogP contribution in [-0.4, -0.2) is 31.0 Å². The number of nitrogens with two attached hydrogens (primary N) is 1. The van der Waals surface area contributed by atoms with Gasteiger partial charge in [-0.1, -0.05) is 0 Å². The van der Waals surface area contributed by atoms with Gasteiger partial charge in [0.15, 0.2) is 0 Å². The Kier molecular flexibility index (Phi) is 6.39. The Bertz CT molecular complexity index is 251. The molecule has 0 aliphatic rings. The van der Waals surface area contributed by atoms with E-state index in [0.29, 0.717) is 0 Å². The number of alkyl halides is 6. The van der Waals surface area contributed by atoms with E-state index in [2.05, 4.69) is 4.74 Å². The Balaban J connectivity index is 4.04. The van der Waals surface area contributed by atoms with Crippen molar-refractivity contribution in [1.29, 1.82) is 0 Å². The molecule has 0 aromatic rings. The first-order valence-electron chi connectivity index (χ1n) is 4.83. The van der Waals surface area contributed by atoms with Crippen LogP contribution in [0.15, 0.2) is 0 Å². The molecule has 108 valence electrons. The Morgan fingerprint density at radius 2 is 1.61 bits per heavy atom. The molecule has 0 spiro atoms. The summed E-state index contributed by atoms with van der Waals surface area (Å²) in [5.74, 6) is 4.16. The van der Waals surface area contributed by atoms with Crippen LogP contribution in [0.5, 0.6) is 0 Å². The maximum Gasteiger partial charge on any atom is 0.423 e. The van der Waals surface area contributed by atoms with E-state index in [1.807, 2.05) is 0 Å². The second kappa shape index (κ2) is 6.78. The number of hydrogen-bond acceptors (Lipinski definition) is 3. The van der Waals surface area contributed by atoms with Crippen LogP contribution >= 0.6 is 0 Å². The molecular formula is C8H12F6N2O2. The number of unbranched alkanes of at least 4 members (excludes halogenated alkanes) is 1. The van der Waals surface area contributed by atoms with Crippen LogP contribution in [0.4, 0.5) is 26.3 Å². The zero-order valence-corrected chi connectivity index (χ0v) is 9.07. The number of carbonyl (C=O) groups excluding carboxylic acids is 1. The highest BCUT2D eigenvalue weighted by Crippen LogP contribution is 2.35. The third-order valence-corrected chi connectivity index (χ3v) is 1.84. The van der Waals surface area contributed by atoms with Crippen molar-refractivity contribution in [2.45, 2.75) is 37.7 Å². The number of hydrogen-bond donors (Lipinski definition) is 2. The molecule has 0 atom stereocenters. The van der Waals surface area contributed by atoms with Gasteiger partial charge in [-0.25, -0.2) is 5.84 Å². The van der Waals surface area contributed by atoms with Crippen molar-refractivity contribution in [3.63, 3.8) is 0 Å². The van der Waals surface area contributed by atoms with Crippen molar-refractivity contribution in [2.75, 3.05) is 6.61 Å². The average Bonchev–Trinajstić information content (AvgIpc) is 2.18. The van der Waals surface area contributed by atoms with E-state index in [-0.39, 0.29) is 19.3 Å². The van der Waals surface area contributed by atoms with Gasteiger partial charge in [0.25, 0.3) is 0 Å². The molecule has 0 aliphatic heterocycles. The van der Waals surface area contributed by atoms with Crippen molar-refractivity contribution < 1.29 is 35.9 Å². The predicted molar refractivity (Wildman–Crippen MR) is 48.0 cm³/mol. The second-order valence-corrected chi connectivity index (χ2v) is 3.36. The van der Waals surface area contributed by atoms with Gasteiger partial charge in [-0.15, -0.1) is 0 Å². The van der Waals surface area contributed by atoms with Gasteiger partial charge >= 0.3 is 12.4 Å². The molecule has 0 unspecified atom stereocenters. The van der Waals surface area contributed by atoms with Crippen LogP contribution in [0.2, 0.25) is 0 Å². The fourth-order valence-corrected chi connectivity index (χ4v) is 1.04. The summed E-state index contributed by atoms with van der Waals surface area (Å²) in [4.78, 5) is 10.6. The number of nitrogens with one attached hydrogen (secondary N) is 1. The molecule has 18 heavy (non-hydrogen) atoms. The molecule has 0 bridgehead atoms. The summed E-state index contributed by atoms with van der Waals surface area (Å²) in [7, 11) is 0. The molecule has 1 amide bonds. The predicted octanol–water partition coefficient (Wildman–Crippen LogP) is 1.66. The Morgan fingerprint density at radius 3 is 2.00 bits per heavy atom. The minimum Gasteiger partial charge on any atom is -0.361 e. The van der Waals surface area contributed by atoms with Gasteiger partial charge in [0.2, 0.25) is 12.0 Å². The van der Waals surface area contributed by atoms with E-state index in [0.717, 1.165) is 0 Å². The molecule has 0 heterocycles. The van der Waals surface area contributed by atoms with Crippen LogP contribution in [0.1, 0.15) is 19.3 Å². The molecule has 0 aliphatic carbocycles. The second-order valence-electron chi connectivity index (χ2n) is 3.36. The van der Waals surface area contributed by atoms with Crippen LogP contribution in [-0.2, 0) is 9.53 Å². The van der Waals surface area contributed by atoms with Gasteiger partial charge in [0, 0.05) is 13.0 Å². The van der Waals surface area contributed by atoms with E-state index in [1.54, 1.807) is 5.43 Å². The zero-order valence-electron chi connectivity index (χ0n) is 9.07. The van der Waals surface area contributed by atoms with Crippen LogP contribution in [0, 0.1) is 0 Å². The van der Waals surface area contributed by atoms with E-state index in [4.69, 9.17) is 5.84 Å². The van der Waals surface area contributed by atoms with Crippen molar-refractivity contribution in [2.24, 2.45) is 5.84 Å². The Hall–Kier alpha value is -1.03. The summed E-state index contributed by atoms with van der Waals surface area (Å²) in [5.41, 5.74) is 1.77. The number of rotatable bonds is 6. The zero-order chi connectivity index (χ0) is 14.4. The molecule has 0 radical (unpaired) electrons. The smallest absolute Gasteiger partial charge is 0.361 e. The minimum atomic E-state index is -5.51. The van der Waals surface area contributed by atoms with Crippen molar-refractivity contribution in [3.8, 4) is 0 Å². The SMILES string of the molecule is NNC(=O)CCCCOC(C(F)(F)F)C(F)(F)F. The van der Waals surface area contributed by atoms with Gasteiger partial charge in [-0.3, -0.25) is 10.2 Å². The van der Waals surface area contributed by atoms with Gasteiger partial charge in [-0.2, -0.15) is 26.3 Å². The summed E-state index contributed by atoms with van der Waals surface area (Å²) >= 11 is 0. The number of amides is 1. The number of carbonyl (C=O) groups is 1. The normalized spacial score (nSPS) is 12.9. The van der Waals surface area contributed by atoms with Gasteiger partial charge in [-0.05, 0) is 12.8 Å². The van der Waals surface area contributed by atoms with Crippen LogP contribution < -0.4 is 11.3 Å². The molecule has 0 rings (SSSR count). The van der Waals surface area contributed by atoms with E-state index in [9.17, 15) is 31.1 Å². The van der Waals surface area contributed by atoms with Gasteiger partial charge < -0.3 is 4.74 Å². The van der Waals surface area contributed by atoms with E-state index in [1.165, 1.54) is 0 Å². The lowest BCUT2D eigenvalue weighted by atomic mass is 10.2.